The number of nitrogens with zero attached hydrogens (tertiary/aromatic N) is 1. The lowest BCUT2D eigenvalue weighted by Crippen LogP contribution is -2.11. The highest BCUT2D eigenvalue weighted by molar-refractivity contribution is 5.96. The second-order valence-electron chi connectivity index (χ2n) is 4.98. The van der Waals surface area contributed by atoms with E-state index in [4.69, 9.17) is 4.74 Å². The van der Waals surface area contributed by atoms with Gasteiger partial charge in [-0.15, -0.1) is 0 Å². The molecule has 0 fully saturated rings. The molecule has 124 valence electrons. The summed E-state index contributed by atoms with van der Waals surface area (Å²) in [5, 5.41) is 11.0. The normalized spacial score (nSPS) is 11.4. The Hall–Kier alpha value is -3.22. The molecule has 2 rings (SSSR count). The quantitative estimate of drug-likeness (QED) is 0.474. The van der Waals surface area contributed by atoms with Crippen molar-refractivity contribution >= 4 is 17.6 Å². The molecule has 0 unspecified atom stereocenters. The summed E-state index contributed by atoms with van der Waals surface area (Å²) < 4.78 is 9.85. The number of esters is 2. The molecule has 0 saturated carbocycles. The molecule has 0 aromatic heterocycles. The summed E-state index contributed by atoms with van der Waals surface area (Å²) in [6.45, 7) is 1.69. The smallest absolute Gasteiger partial charge is 0.339 e. The van der Waals surface area contributed by atoms with Gasteiger partial charge in [-0.1, -0.05) is 30.3 Å². The minimum atomic E-state index is -0.774. The van der Waals surface area contributed by atoms with E-state index < -0.39 is 28.7 Å². The van der Waals surface area contributed by atoms with Crippen LogP contribution >= 0.6 is 0 Å². The zero-order valence-corrected chi connectivity index (χ0v) is 13.1. The molecule has 1 atom stereocenters. The predicted molar refractivity (Wildman–Crippen MR) is 84.7 cm³/mol. The van der Waals surface area contributed by atoms with Crippen LogP contribution in [0.5, 0.6) is 0 Å². The van der Waals surface area contributed by atoms with Crippen LogP contribution in [0.2, 0.25) is 0 Å². The van der Waals surface area contributed by atoms with Gasteiger partial charge in [-0.05, 0) is 18.6 Å². The molecule has 2 aromatic carbocycles. The van der Waals surface area contributed by atoms with E-state index in [0.717, 1.165) is 24.8 Å². The molecule has 0 radical (unpaired) electrons. The number of carbonyl (C=O) groups is 2. The van der Waals surface area contributed by atoms with Crippen molar-refractivity contribution in [2.24, 2.45) is 0 Å². The number of hydrogen-bond donors (Lipinski definition) is 0. The van der Waals surface area contributed by atoms with Gasteiger partial charge in [0.2, 0.25) is 0 Å². The summed E-state index contributed by atoms with van der Waals surface area (Å²) in [7, 11) is 1.15. The number of nitro groups is 1. The van der Waals surface area contributed by atoms with Crippen LogP contribution in [-0.2, 0) is 9.47 Å². The van der Waals surface area contributed by atoms with Crippen LogP contribution in [0.15, 0.2) is 48.5 Å². The number of non-ortho nitro benzene ring substituents is 1. The first-order chi connectivity index (χ1) is 11.4. The SMILES string of the molecule is COC(=O)c1cc(C(=O)O[C@@H](C)c2ccccc2)cc([N+](=O)[O-])c1. The molecule has 7 heteroatoms. The minimum absolute atomic E-state index is 0.0904. The molecule has 0 bridgehead atoms. The molecule has 0 aliphatic rings. The van der Waals surface area contributed by atoms with Crippen molar-refractivity contribution in [3.8, 4) is 0 Å². The molecular formula is C17H15NO6. The van der Waals surface area contributed by atoms with Gasteiger partial charge < -0.3 is 9.47 Å². The fourth-order valence-corrected chi connectivity index (χ4v) is 2.09. The van der Waals surface area contributed by atoms with Crippen molar-refractivity contribution in [1.29, 1.82) is 0 Å². The van der Waals surface area contributed by atoms with Gasteiger partial charge in [0.15, 0.2) is 0 Å². The Morgan fingerprint density at radius 1 is 1.04 bits per heavy atom. The Morgan fingerprint density at radius 3 is 2.17 bits per heavy atom. The molecule has 0 aliphatic heterocycles. The van der Waals surface area contributed by atoms with E-state index in [2.05, 4.69) is 4.74 Å². The predicted octanol–water partition coefficient (Wildman–Crippen LogP) is 3.30. The molecule has 0 heterocycles. The number of benzene rings is 2. The lowest BCUT2D eigenvalue weighted by atomic mass is 10.1. The van der Waals surface area contributed by atoms with Crippen LogP contribution in [0.4, 0.5) is 5.69 Å². The monoisotopic (exact) mass is 329 g/mol. The van der Waals surface area contributed by atoms with E-state index in [1.54, 1.807) is 19.1 Å². The van der Waals surface area contributed by atoms with Crippen molar-refractivity contribution in [1.82, 2.24) is 0 Å². The van der Waals surface area contributed by atoms with Crippen molar-refractivity contribution < 1.29 is 24.0 Å². The number of carbonyl (C=O) groups excluding carboxylic acids is 2. The minimum Gasteiger partial charge on any atom is -0.465 e. The van der Waals surface area contributed by atoms with Crippen molar-refractivity contribution in [3.05, 3.63) is 75.3 Å². The Morgan fingerprint density at radius 2 is 1.62 bits per heavy atom. The van der Waals surface area contributed by atoms with Crippen LogP contribution in [0.1, 0.15) is 39.3 Å². The van der Waals surface area contributed by atoms with Gasteiger partial charge >= 0.3 is 11.9 Å². The third-order valence-corrected chi connectivity index (χ3v) is 3.34. The number of hydrogen-bond acceptors (Lipinski definition) is 6. The van der Waals surface area contributed by atoms with Gasteiger partial charge in [0, 0.05) is 12.1 Å². The van der Waals surface area contributed by atoms with Crippen LogP contribution < -0.4 is 0 Å². The maximum absolute atomic E-state index is 12.3. The highest BCUT2D eigenvalue weighted by Crippen LogP contribution is 2.22. The Kier molecular flexibility index (Phi) is 5.26. The average Bonchev–Trinajstić information content (AvgIpc) is 2.61. The Labute approximate surface area is 138 Å². The summed E-state index contributed by atoms with van der Waals surface area (Å²) in [5.41, 5.74) is 0.208. The van der Waals surface area contributed by atoms with E-state index in [0.29, 0.717) is 0 Å². The number of methoxy groups -OCH3 is 1. The molecule has 0 amide bonds. The molecule has 0 saturated heterocycles. The fourth-order valence-electron chi connectivity index (χ4n) is 2.09. The van der Waals surface area contributed by atoms with Gasteiger partial charge in [-0.3, -0.25) is 10.1 Å². The molecule has 24 heavy (non-hydrogen) atoms. The Balaban J connectivity index is 2.29. The van der Waals surface area contributed by atoms with Crippen LogP contribution in [0.25, 0.3) is 0 Å². The summed E-state index contributed by atoms with van der Waals surface area (Å²) in [5.74, 6) is -1.54. The average molecular weight is 329 g/mol. The van der Waals surface area contributed by atoms with E-state index in [9.17, 15) is 19.7 Å². The maximum atomic E-state index is 12.3. The van der Waals surface area contributed by atoms with E-state index >= 15 is 0 Å². The molecule has 7 nitrogen and oxygen atoms in total. The van der Waals surface area contributed by atoms with Crippen molar-refractivity contribution in [3.63, 3.8) is 0 Å². The van der Waals surface area contributed by atoms with Gasteiger partial charge in [-0.2, -0.15) is 0 Å². The number of nitro benzene ring substituents is 1. The maximum Gasteiger partial charge on any atom is 0.339 e. The molecule has 0 spiro atoms. The zero-order valence-electron chi connectivity index (χ0n) is 13.1. The van der Waals surface area contributed by atoms with E-state index in [-0.39, 0.29) is 11.1 Å². The first-order valence-electron chi connectivity index (χ1n) is 7.06. The second kappa shape index (κ2) is 7.36. The second-order valence-corrected chi connectivity index (χ2v) is 4.98. The topological polar surface area (TPSA) is 95.7 Å². The summed E-state index contributed by atoms with van der Waals surface area (Å²) in [6.07, 6.45) is -0.542. The van der Waals surface area contributed by atoms with Gasteiger partial charge in [0.25, 0.3) is 5.69 Å². The fraction of sp³-hybridized carbons (Fsp3) is 0.176. The number of ether oxygens (including phenoxy) is 2. The summed E-state index contributed by atoms with van der Waals surface area (Å²) in [4.78, 5) is 34.2. The highest BCUT2D eigenvalue weighted by Gasteiger charge is 2.20. The van der Waals surface area contributed by atoms with Crippen LogP contribution in [0.3, 0.4) is 0 Å². The summed E-state index contributed by atoms with van der Waals surface area (Å²) in [6, 6.07) is 12.4. The van der Waals surface area contributed by atoms with Crippen molar-refractivity contribution in [2.75, 3.05) is 7.11 Å². The summed E-state index contributed by atoms with van der Waals surface area (Å²) >= 11 is 0. The third-order valence-electron chi connectivity index (χ3n) is 3.34. The highest BCUT2D eigenvalue weighted by atomic mass is 16.6. The third kappa shape index (κ3) is 3.95. The van der Waals surface area contributed by atoms with Gasteiger partial charge in [0.05, 0.1) is 23.2 Å². The van der Waals surface area contributed by atoms with E-state index in [1.807, 2.05) is 18.2 Å². The molecule has 2 aromatic rings. The first kappa shape index (κ1) is 17.1. The molecule has 0 aliphatic carbocycles. The first-order valence-corrected chi connectivity index (χ1v) is 7.06. The molecular weight excluding hydrogens is 314 g/mol. The van der Waals surface area contributed by atoms with Crippen LogP contribution in [0, 0.1) is 10.1 Å². The lowest BCUT2D eigenvalue weighted by Gasteiger charge is -2.13. The van der Waals surface area contributed by atoms with Gasteiger partial charge in [-0.25, -0.2) is 9.59 Å². The Bertz CT molecular complexity index is 772. The largest absolute Gasteiger partial charge is 0.465 e. The van der Waals surface area contributed by atoms with Crippen LogP contribution in [-0.4, -0.2) is 24.0 Å². The van der Waals surface area contributed by atoms with E-state index in [1.165, 1.54) is 6.07 Å². The standard InChI is InChI=1S/C17H15NO6/c1-11(12-6-4-3-5-7-12)24-17(20)14-8-13(16(19)23-2)9-15(10-14)18(21)22/h3-11H,1-2H3/t11-/m0/s1. The lowest BCUT2D eigenvalue weighted by molar-refractivity contribution is -0.384. The zero-order chi connectivity index (χ0) is 17.7. The molecule has 0 N–H and O–H groups in total. The van der Waals surface area contributed by atoms with Crippen molar-refractivity contribution in [2.45, 2.75) is 13.0 Å². The number of rotatable bonds is 5. The van der Waals surface area contributed by atoms with Gasteiger partial charge in [0.1, 0.15) is 6.10 Å².